The van der Waals surface area contributed by atoms with Crippen molar-refractivity contribution in [2.24, 2.45) is 13.0 Å². The lowest BCUT2D eigenvalue weighted by molar-refractivity contribution is -0.144. The molecule has 7 heteroatoms. The number of amides is 2. The zero-order valence-electron chi connectivity index (χ0n) is 21.6. The van der Waals surface area contributed by atoms with E-state index >= 15 is 0 Å². The summed E-state index contributed by atoms with van der Waals surface area (Å²) in [5.41, 5.74) is 3.48. The number of hydrogen-bond donors (Lipinski definition) is 0. The second kappa shape index (κ2) is 11.5. The Morgan fingerprint density at radius 2 is 1.67 bits per heavy atom. The van der Waals surface area contributed by atoms with Gasteiger partial charge in [-0.05, 0) is 49.3 Å². The van der Waals surface area contributed by atoms with Crippen LogP contribution in [-0.4, -0.2) is 64.7 Å². The summed E-state index contributed by atoms with van der Waals surface area (Å²) >= 11 is 0. The average Bonchev–Trinajstić information content (AvgIpc) is 3.25. The van der Waals surface area contributed by atoms with E-state index in [1.807, 2.05) is 85.4 Å². The summed E-state index contributed by atoms with van der Waals surface area (Å²) in [5.74, 6) is 0.243. The number of hydrogen-bond acceptors (Lipinski definition) is 4. The maximum Gasteiger partial charge on any atom is 0.272 e. The number of carbonyl (C=O) groups is 2. The smallest absolute Gasteiger partial charge is 0.272 e. The number of aryl methyl sites for hydroxylation is 2. The van der Waals surface area contributed by atoms with Gasteiger partial charge < -0.3 is 14.5 Å². The molecule has 2 atom stereocenters. The summed E-state index contributed by atoms with van der Waals surface area (Å²) in [6, 6.07) is 21.8. The molecule has 0 spiro atoms. The Kier molecular flexibility index (Phi) is 8.21. The summed E-state index contributed by atoms with van der Waals surface area (Å²) in [6.07, 6.45) is 1.83. The molecule has 0 radical (unpaired) electrons. The SMILES string of the molecule is CO[C@@H](C(=O)N1CCC([C@@H](Cc2ccccc2)N(C)C(=O)c2cc(C)nn2C)CC1)c1ccccc1. The molecular weight excluding hydrogens is 452 g/mol. The molecule has 0 bridgehead atoms. The van der Waals surface area contributed by atoms with Gasteiger partial charge in [0.05, 0.1) is 5.69 Å². The molecule has 1 aromatic heterocycles. The van der Waals surface area contributed by atoms with Crippen molar-refractivity contribution in [3.8, 4) is 0 Å². The molecule has 2 aromatic carbocycles. The first kappa shape index (κ1) is 25.6. The number of ether oxygens (including phenoxy) is 1. The maximum atomic E-state index is 13.5. The molecule has 0 saturated carbocycles. The van der Waals surface area contributed by atoms with Gasteiger partial charge in [-0.15, -0.1) is 0 Å². The van der Waals surface area contributed by atoms with Crippen LogP contribution in [0.4, 0.5) is 0 Å². The van der Waals surface area contributed by atoms with Gasteiger partial charge in [-0.1, -0.05) is 60.7 Å². The van der Waals surface area contributed by atoms with Crippen LogP contribution >= 0.6 is 0 Å². The fraction of sp³-hybridized carbons (Fsp3) is 0.414. The van der Waals surface area contributed by atoms with Crippen molar-refractivity contribution in [3.05, 3.63) is 89.2 Å². The third-order valence-corrected chi connectivity index (χ3v) is 7.28. The van der Waals surface area contributed by atoms with E-state index in [0.29, 0.717) is 18.8 Å². The highest BCUT2D eigenvalue weighted by Crippen LogP contribution is 2.29. The largest absolute Gasteiger partial charge is 0.367 e. The highest BCUT2D eigenvalue weighted by atomic mass is 16.5. The van der Waals surface area contributed by atoms with E-state index in [0.717, 1.165) is 30.5 Å². The van der Waals surface area contributed by atoms with Crippen molar-refractivity contribution in [2.75, 3.05) is 27.2 Å². The third kappa shape index (κ3) is 5.68. The molecule has 1 aliphatic rings. The van der Waals surface area contributed by atoms with Crippen LogP contribution in [-0.2, 0) is 23.0 Å². The van der Waals surface area contributed by atoms with E-state index in [4.69, 9.17) is 4.74 Å². The van der Waals surface area contributed by atoms with Crippen molar-refractivity contribution in [3.63, 3.8) is 0 Å². The Morgan fingerprint density at radius 1 is 1.06 bits per heavy atom. The summed E-state index contributed by atoms with van der Waals surface area (Å²) in [6.45, 7) is 3.19. The number of methoxy groups -OCH3 is 1. The topological polar surface area (TPSA) is 67.7 Å². The molecule has 36 heavy (non-hydrogen) atoms. The van der Waals surface area contributed by atoms with Gasteiger partial charge in [0.15, 0.2) is 6.10 Å². The molecule has 2 amide bonds. The lowest BCUT2D eigenvalue weighted by atomic mass is 9.84. The predicted octanol–water partition coefficient (Wildman–Crippen LogP) is 4.04. The third-order valence-electron chi connectivity index (χ3n) is 7.28. The van der Waals surface area contributed by atoms with Gasteiger partial charge in [-0.2, -0.15) is 5.10 Å². The highest BCUT2D eigenvalue weighted by molar-refractivity contribution is 5.92. The van der Waals surface area contributed by atoms with Gasteiger partial charge in [0.25, 0.3) is 11.8 Å². The first-order valence-electron chi connectivity index (χ1n) is 12.6. The molecular formula is C29H36N4O3. The summed E-state index contributed by atoms with van der Waals surface area (Å²) in [4.78, 5) is 30.6. The normalized spacial score (nSPS) is 15.9. The van der Waals surface area contributed by atoms with E-state index < -0.39 is 6.10 Å². The van der Waals surface area contributed by atoms with E-state index in [9.17, 15) is 9.59 Å². The minimum atomic E-state index is -0.597. The van der Waals surface area contributed by atoms with E-state index in [-0.39, 0.29) is 23.8 Å². The van der Waals surface area contributed by atoms with Crippen LogP contribution in [0.1, 0.15) is 46.3 Å². The number of carbonyl (C=O) groups excluding carboxylic acids is 2. The Morgan fingerprint density at radius 3 is 2.22 bits per heavy atom. The van der Waals surface area contributed by atoms with Crippen LogP contribution < -0.4 is 0 Å². The maximum absolute atomic E-state index is 13.5. The van der Waals surface area contributed by atoms with Crippen molar-refractivity contribution < 1.29 is 14.3 Å². The van der Waals surface area contributed by atoms with Gasteiger partial charge >= 0.3 is 0 Å². The van der Waals surface area contributed by atoms with Crippen LogP contribution in [0.25, 0.3) is 0 Å². The highest BCUT2D eigenvalue weighted by Gasteiger charge is 2.35. The van der Waals surface area contributed by atoms with Gasteiger partial charge in [-0.3, -0.25) is 14.3 Å². The predicted molar refractivity (Wildman–Crippen MR) is 139 cm³/mol. The van der Waals surface area contributed by atoms with E-state index in [1.54, 1.807) is 11.8 Å². The van der Waals surface area contributed by atoms with Crippen LogP contribution in [0.3, 0.4) is 0 Å². The Labute approximate surface area is 213 Å². The van der Waals surface area contributed by atoms with Crippen LogP contribution in [0, 0.1) is 12.8 Å². The summed E-state index contributed by atoms with van der Waals surface area (Å²) in [7, 11) is 5.29. The zero-order chi connectivity index (χ0) is 25.7. The molecule has 0 N–H and O–H groups in total. The first-order valence-corrected chi connectivity index (χ1v) is 12.6. The molecule has 0 aliphatic carbocycles. The Balaban J connectivity index is 1.49. The quantitative estimate of drug-likeness (QED) is 0.480. The molecule has 4 rings (SSSR count). The molecule has 1 fully saturated rings. The minimum Gasteiger partial charge on any atom is -0.367 e. The standard InChI is InChI=1S/C29H36N4O3/c1-21-19-26(32(3)30-21)28(34)31(2)25(20-22-11-7-5-8-12-22)23-15-17-33(18-16-23)29(35)27(36-4)24-13-9-6-10-14-24/h5-14,19,23,25,27H,15-18,20H2,1-4H3/t25-,27-/m1/s1. The summed E-state index contributed by atoms with van der Waals surface area (Å²) < 4.78 is 7.24. The molecule has 3 aromatic rings. The number of likely N-dealkylation sites (tertiary alicyclic amines) is 1. The molecule has 190 valence electrons. The van der Waals surface area contributed by atoms with Crippen LogP contribution in [0.15, 0.2) is 66.7 Å². The Bertz CT molecular complexity index is 1150. The van der Waals surface area contributed by atoms with Gasteiger partial charge in [0, 0.05) is 40.3 Å². The molecule has 1 saturated heterocycles. The number of benzene rings is 2. The second-order valence-electron chi connectivity index (χ2n) is 9.66. The van der Waals surface area contributed by atoms with Gasteiger partial charge in [0.1, 0.15) is 5.69 Å². The van der Waals surface area contributed by atoms with Crippen molar-refractivity contribution >= 4 is 11.8 Å². The average molecular weight is 489 g/mol. The Hall–Kier alpha value is -3.45. The first-order chi connectivity index (χ1) is 17.4. The monoisotopic (exact) mass is 488 g/mol. The number of rotatable bonds is 8. The van der Waals surface area contributed by atoms with Crippen LogP contribution in [0.5, 0.6) is 0 Å². The lowest BCUT2D eigenvalue weighted by Crippen LogP contribution is -2.49. The molecule has 1 aliphatic heterocycles. The fourth-order valence-corrected chi connectivity index (χ4v) is 5.30. The van der Waals surface area contributed by atoms with Crippen molar-refractivity contribution in [1.29, 1.82) is 0 Å². The van der Waals surface area contributed by atoms with Gasteiger partial charge in [-0.25, -0.2) is 0 Å². The summed E-state index contributed by atoms with van der Waals surface area (Å²) in [5, 5.41) is 4.36. The lowest BCUT2D eigenvalue weighted by Gasteiger charge is -2.40. The zero-order valence-corrected chi connectivity index (χ0v) is 21.6. The number of aromatic nitrogens is 2. The molecule has 0 unspecified atom stereocenters. The van der Waals surface area contributed by atoms with Gasteiger partial charge in [0.2, 0.25) is 0 Å². The van der Waals surface area contributed by atoms with Crippen molar-refractivity contribution in [1.82, 2.24) is 19.6 Å². The number of nitrogens with zero attached hydrogens (tertiary/aromatic N) is 4. The fourth-order valence-electron chi connectivity index (χ4n) is 5.30. The molecule has 7 nitrogen and oxygen atoms in total. The van der Waals surface area contributed by atoms with Crippen molar-refractivity contribution in [2.45, 2.75) is 38.3 Å². The number of piperidine rings is 1. The van der Waals surface area contributed by atoms with E-state index in [2.05, 4.69) is 17.2 Å². The second-order valence-corrected chi connectivity index (χ2v) is 9.66. The van der Waals surface area contributed by atoms with E-state index in [1.165, 1.54) is 5.56 Å². The number of likely N-dealkylation sites (N-methyl/N-ethyl adjacent to an activating group) is 1. The molecule has 2 heterocycles. The minimum absolute atomic E-state index is 0.00319. The van der Waals surface area contributed by atoms with Crippen LogP contribution in [0.2, 0.25) is 0 Å².